The number of thiazole rings is 1. The van der Waals surface area contributed by atoms with Crippen molar-refractivity contribution in [2.75, 3.05) is 19.6 Å². The zero-order valence-electron chi connectivity index (χ0n) is 14.7. The maximum absolute atomic E-state index is 13.5. The molecule has 2 fully saturated rings. The number of carbonyl (C=O) groups excluding carboxylic acids is 2. The van der Waals surface area contributed by atoms with Crippen LogP contribution in [-0.2, 0) is 11.3 Å². The molecule has 0 bridgehead atoms. The summed E-state index contributed by atoms with van der Waals surface area (Å²) in [5, 5.41) is 1.71. The Balaban J connectivity index is 1.48. The van der Waals surface area contributed by atoms with Gasteiger partial charge in [-0.1, -0.05) is 6.07 Å². The molecule has 2 amide bonds. The molecule has 8 heteroatoms. The van der Waals surface area contributed by atoms with Crippen molar-refractivity contribution in [1.82, 2.24) is 14.8 Å². The molecule has 1 aromatic heterocycles. The van der Waals surface area contributed by atoms with Gasteiger partial charge in [0.1, 0.15) is 5.69 Å². The third kappa shape index (κ3) is 3.34. The second-order valence-corrected chi connectivity index (χ2v) is 7.93. The number of carbonyl (C=O) groups is 2. The van der Waals surface area contributed by atoms with Crippen molar-refractivity contribution < 1.29 is 18.4 Å². The van der Waals surface area contributed by atoms with E-state index in [1.54, 1.807) is 20.7 Å². The van der Waals surface area contributed by atoms with E-state index in [2.05, 4.69) is 4.98 Å². The van der Waals surface area contributed by atoms with Crippen molar-refractivity contribution >= 4 is 23.2 Å². The molecule has 0 N–H and O–H groups in total. The largest absolute Gasteiger partial charge is 0.338 e. The predicted molar refractivity (Wildman–Crippen MR) is 96.1 cm³/mol. The van der Waals surface area contributed by atoms with Crippen LogP contribution in [0.2, 0.25) is 0 Å². The zero-order chi connectivity index (χ0) is 19.0. The first-order chi connectivity index (χ1) is 13.0. The quantitative estimate of drug-likeness (QED) is 0.808. The topological polar surface area (TPSA) is 53.5 Å². The number of amides is 2. The minimum Gasteiger partial charge on any atom is -0.338 e. The Bertz CT molecular complexity index is 874. The van der Waals surface area contributed by atoms with Crippen molar-refractivity contribution in [3.8, 4) is 0 Å². The van der Waals surface area contributed by atoms with E-state index in [1.807, 2.05) is 0 Å². The van der Waals surface area contributed by atoms with Gasteiger partial charge in [0.05, 0.1) is 10.9 Å². The molecule has 2 aliphatic heterocycles. The van der Waals surface area contributed by atoms with Crippen LogP contribution in [0, 0.1) is 17.0 Å². The van der Waals surface area contributed by atoms with Crippen LogP contribution in [0.1, 0.15) is 35.3 Å². The number of halogens is 2. The summed E-state index contributed by atoms with van der Waals surface area (Å²) >= 11 is 1.37. The lowest BCUT2D eigenvalue weighted by Gasteiger charge is -2.39. The van der Waals surface area contributed by atoms with E-state index in [9.17, 15) is 18.4 Å². The third-order valence-corrected chi connectivity index (χ3v) is 6.06. The van der Waals surface area contributed by atoms with Crippen LogP contribution < -0.4 is 0 Å². The number of hydrogen-bond donors (Lipinski definition) is 0. The van der Waals surface area contributed by atoms with E-state index in [0.717, 1.165) is 25.0 Å². The third-order valence-electron chi connectivity index (χ3n) is 5.47. The zero-order valence-corrected chi connectivity index (χ0v) is 15.5. The molecule has 27 heavy (non-hydrogen) atoms. The molecule has 0 aliphatic carbocycles. The number of likely N-dealkylation sites (tertiary alicyclic amines) is 2. The van der Waals surface area contributed by atoms with Gasteiger partial charge in [-0.15, -0.1) is 11.3 Å². The molecule has 1 aromatic carbocycles. The number of nitrogens with zero attached hydrogens (tertiary/aromatic N) is 3. The van der Waals surface area contributed by atoms with E-state index in [-0.39, 0.29) is 18.4 Å². The van der Waals surface area contributed by atoms with Crippen LogP contribution in [0.5, 0.6) is 0 Å². The van der Waals surface area contributed by atoms with E-state index >= 15 is 0 Å². The summed E-state index contributed by atoms with van der Waals surface area (Å²) in [6.45, 7) is 1.75. The number of benzene rings is 1. The Morgan fingerprint density at radius 1 is 1.22 bits per heavy atom. The monoisotopic (exact) mass is 391 g/mol. The second kappa shape index (κ2) is 6.99. The highest BCUT2D eigenvalue weighted by atomic mass is 32.1. The molecule has 2 aliphatic rings. The molecule has 0 unspecified atom stereocenters. The van der Waals surface area contributed by atoms with Crippen LogP contribution in [0.4, 0.5) is 8.78 Å². The van der Waals surface area contributed by atoms with Crippen molar-refractivity contribution in [2.24, 2.45) is 5.41 Å². The van der Waals surface area contributed by atoms with Gasteiger partial charge in [0, 0.05) is 31.6 Å². The lowest BCUT2D eigenvalue weighted by atomic mass is 9.78. The predicted octanol–water partition coefficient (Wildman–Crippen LogP) is 3.08. The number of piperidine rings is 1. The molecule has 1 atom stereocenters. The molecule has 5 nitrogen and oxygen atoms in total. The summed E-state index contributed by atoms with van der Waals surface area (Å²) in [4.78, 5) is 33.2. The standard InChI is InChI=1S/C19H19F2N3O2S/c20-14-3-2-13(8-15(14)21)9-23-6-1-4-19(18(23)26)5-7-24(11-19)17(25)16-10-27-12-22-16/h2-3,8,10,12H,1,4-7,9,11H2/t19-/m0/s1. The molecule has 0 radical (unpaired) electrons. The average Bonchev–Trinajstić information content (AvgIpc) is 3.33. The first kappa shape index (κ1) is 18.0. The van der Waals surface area contributed by atoms with Gasteiger partial charge in [0.25, 0.3) is 5.91 Å². The molecule has 2 aromatic rings. The molecule has 0 saturated carbocycles. The Labute approximate surface area is 159 Å². The second-order valence-electron chi connectivity index (χ2n) is 7.21. The maximum atomic E-state index is 13.5. The fraction of sp³-hybridized carbons (Fsp3) is 0.421. The fourth-order valence-corrected chi connectivity index (χ4v) is 4.59. The molecule has 4 rings (SSSR count). The van der Waals surface area contributed by atoms with E-state index < -0.39 is 17.0 Å². The van der Waals surface area contributed by atoms with Crippen LogP contribution in [0.15, 0.2) is 29.1 Å². The van der Waals surface area contributed by atoms with Crippen molar-refractivity contribution in [1.29, 1.82) is 0 Å². The summed E-state index contributed by atoms with van der Waals surface area (Å²) in [6.07, 6.45) is 2.19. The van der Waals surface area contributed by atoms with Crippen molar-refractivity contribution in [2.45, 2.75) is 25.8 Å². The average molecular weight is 391 g/mol. The van der Waals surface area contributed by atoms with Gasteiger partial charge in [-0.05, 0) is 37.0 Å². The Kier molecular flexibility index (Phi) is 4.67. The summed E-state index contributed by atoms with van der Waals surface area (Å²) in [5.74, 6) is -1.95. The van der Waals surface area contributed by atoms with Crippen LogP contribution in [-0.4, -0.2) is 46.2 Å². The highest BCUT2D eigenvalue weighted by Gasteiger charge is 2.49. The van der Waals surface area contributed by atoms with E-state index in [1.165, 1.54) is 17.4 Å². The van der Waals surface area contributed by atoms with Crippen molar-refractivity contribution in [3.63, 3.8) is 0 Å². The summed E-state index contributed by atoms with van der Waals surface area (Å²) in [7, 11) is 0. The summed E-state index contributed by atoms with van der Waals surface area (Å²) in [6, 6.07) is 3.72. The summed E-state index contributed by atoms with van der Waals surface area (Å²) < 4.78 is 26.6. The number of hydrogen-bond acceptors (Lipinski definition) is 4. The van der Waals surface area contributed by atoms with Crippen LogP contribution in [0.25, 0.3) is 0 Å². The minimum atomic E-state index is -0.910. The van der Waals surface area contributed by atoms with Gasteiger partial charge < -0.3 is 9.80 Å². The maximum Gasteiger partial charge on any atom is 0.273 e. The molecule has 142 valence electrons. The molecule has 1 spiro atoms. The van der Waals surface area contributed by atoms with Crippen LogP contribution in [0.3, 0.4) is 0 Å². The van der Waals surface area contributed by atoms with Gasteiger partial charge in [-0.3, -0.25) is 9.59 Å². The van der Waals surface area contributed by atoms with E-state index in [4.69, 9.17) is 0 Å². The number of aromatic nitrogens is 1. The van der Waals surface area contributed by atoms with Crippen LogP contribution >= 0.6 is 11.3 Å². The Morgan fingerprint density at radius 3 is 2.81 bits per heavy atom. The Morgan fingerprint density at radius 2 is 2.07 bits per heavy atom. The van der Waals surface area contributed by atoms with Gasteiger partial charge in [0.2, 0.25) is 5.91 Å². The minimum absolute atomic E-state index is 0.00735. The first-order valence-corrected chi connectivity index (χ1v) is 9.84. The highest BCUT2D eigenvalue weighted by molar-refractivity contribution is 7.07. The van der Waals surface area contributed by atoms with Gasteiger partial charge in [-0.2, -0.15) is 0 Å². The summed E-state index contributed by atoms with van der Waals surface area (Å²) in [5.41, 5.74) is 2.02. The first-order valence-electron chi connectivity index (χ1n) is 8.89. The number of rotatable bonds is 3. The smallest absolute Gasteiger partial charge is 0.273 e. The van der Waals surface area contributed by atoms with Crippen molar-refractivity contribution in [3.05, 3.63) is 52.0 Å². The molecular formula is C19H19F2N3O2S. The Hall–Kier alpha value is -2.35. The van der Waals surface area contributed by atoms with Gasteiger partial charge in [0.15, 0.2) is 11.6 Å². The molecule has 3 heterocycles. The molecular weight excluding hydrogens is 372 g/mol. The normalized spacial score (nSPS) is 22.7. The van der Waals surface area contributed by atoms with E-state index in [0.29, 0.717) is 37.3 Å². The lowest BCUT2D eigenvalue weighted by Crippen LogP contribution is -2.50. The highest BCUT2D eigenvalue weighted by Crippen LogP contribution is 2.41. The van der Waals surface area contributed by atoms with Gasteiger partial charge >= 0.3 is 0 Å². The fourth-order valence-electron chi connectivity index (χ4n) is 4.07. The van der Waals surface area contributed by atoms with Gasteiger partial charge in [-0.25, -0.2) is 13.8 Å². The lowest BCUT2D eigenvalue weighted by molar-refractivity contribution is -0.146. The molecule has 2 saturated heterocycles. The SMILES string of the molecule is O=C(c1cscn1)N1CC[C@@]2(CCCN(Cc3ccc(F)c(F)c3)C2=O)C1.